The van der Waals surface area contributed by atoms with Crippen molar-refractivity contribution in [2.24, 2.45) is 0 Å². The van der Waals surface area contributed by atoms with Crippen LogP contribution in [0.25, 0.3) is 0 Å². The molecule has 0 saturated heterocycles. The first-order chi connectivity index (χ1) is 8.74. The highest BCUT2D eigenvalue weighted by Crippen LogP contribution is 2.22. The molecule has 1 aromatic heterocycles. The lowest BCUT2D eigenvalue weighted by molar-refractivity contribution is 0.130. The molecule has 0 spiro atoms. The lowest BCUT2D eigenvalue weighted by Gasteiger charge is -2.21. The molecule has 2 aromatic rings. The summed E-state index contributed by atoms with van der Waals surface area (Å²) in [6.07, 6.45) is 4.28. The molecule has 1 aliphatic heterocycles. The van der Waals surface area contributed by atoms with Crippen LogP contribution in [0.3, 0.4) is 0 Å². The fourth-order valence-electron chi connectivity index (χ4n) is 2.45. The quantitative estimate of drug-likeness (QED) is 0.926. The Bertz CT molecular complexity index is 565. The van der Waals surface area contributed by atoms with Gasteiger partial charge < -0.3 is 9.67 Å². The highest BCUT2D eigenvalue weighted by molar-refractivity contribution is 9.10. The Morgan fingerprint density at radius 3 is 3.06 bits per heavy atom. The third-order valence-corrected chi connectivity index (χ3v) is 4.23. The van der Waals surface area contributed by atoms with E-state index in [0.717, 1.165) is 29.6 Å². The first kappa shape index (κ1) is 11.9. The van der Waals surface area contributed by atoms with Crippen LogP contribution in [-0.2, 0) is 19.4 Å². The van der Waals surface area contributed by atoms with E-state index in [-0.39, 0.29) is 6.10 Å². The molecule has 1 unspecified atom stereocenters. The Morgan fingerprint density at radius 1 is 1.39 bits per heavy atom. The number of benzene rings is 1. The second kappa shape index (κ2) is 4.86. The average molecular weight is 307 g/mol. The van der Waals surface area contributed by atoms with Crippen LogP contribution >= 0.6 is 15.9 Å². The molecule has 0 fully saturated rings. The zero-order valence-electron chi connectivity index (χ0n) is 10.0. The number of aromatic nitrogens is 2. The maximum Gasteiger partial charge on any atom is 0.113 e. The third kappa shape index (κ3) is 2.22. The molecule has 1 atom stereocenters. The molecule has 4 heteroatoms. The Labute approximate surface area is 115 Å². The Morgan fingerprint density at radius 2 is 2.22 bits per heavy atom. The van der Waals surface area contributed by atoms with Gasteiger partial charge in [0.1, 0.15) is 5.82 Å². The molecule has 0 bridgehead atoms. The van der Waals surface area contributed by atoms with Crippen molar-refractivity contribution in [1.29, 1.82) is 0 Å². The van der Waals surface area contributed by atoms with Crippen molar-refractivity contribution in [3.05, 3.63) is 52.0 Å². The fourth-order valence-corrected chi connectivity index (χ4v) is 2.87. The van der Waals surface area contributed by atoms with Gasteiger partial charge in [0, 0.05) is 22.8 Å². The summed E-state index contributed by atoms with van der Waals surface area (Å²) in [6.45, 7) is 0.676. The van der Waals surface area contributed by atoms with Gasteiger partial charge >= 0.3 is 0 Å². The van der Waals surface area contributed by atoms with E-state index in [9.17, 15) is 5.11 Å². The predicted octanol–water partition coefficient (Wildman–Crippen LogP) is 2.54. The Hall–Kier alpha value is -1.13. The van der Waals surface area contributed by atoms with E-state index in [1.54, 1.807) is 0 Å². The molecule has 1 aromatic carbocycles. The first-order valence-corrected chi connectivity index (χ1v) is 6.98. The zero-order chi connectivity index (χ0) is 12.5. The standard InChI is InChI=1S/C14H15BrN2O/c15-13-4-2-1-3-10(13)7-14-16-8-11-5-6-12(18)9-17(11)14/h1-4,8,12,18H,5-7,9H2. The van der Waals surface area contributed by atoms with E-state index in [0.29, 0.717) is 6.54 Å². The number of rotatable bonds is 2. The molecule has 94 valence electrons. The highest BCUT2D eigenvalue weighted by atomic mass is 79.9. The van der Waals surface area contributed by atoms with E-state index in [1.165, 1.54) is 11.3 Å². The van der Waals surface area contributed by atoms with Gasteiger partial charge in [-0.1, -0.05) is 34.1 Å². The van der Waals surface area contributed by atoms with Gasteiger partial charge in [0.2, 0.25) is 0 Å². The highest BCUT2D eigenvalue weighted by Gasteiger charge is 2.19. The van der Waals surface area contributed by atoms with Crippen LogP contribution in [0.2, 0.25) is 0 Å². The summed E-state index contributed by atoms with van der Waals surface area (Å²) >= 11 is 3.56. The van der Waals surface area contributed by atoms with Crippen molar-refractivity contribution in [3.63, 3.8) is 0 Å². The maximum atomic E-state index is 9.76. The molecular formula is C14H15BrN2O. The number of aryl methyl sites for hydroxylation is 1. The minimum Gasteiger partial charge on any atom is -0.391 e. The molecular weight excluding hydrogens is 292 g/mol. The zero-order valence-corrected chi connectivity index (χ0v) is 11.6. The lowest BCUT2D eigenvalue weighted by atomic mass is 10.1. The fraction of sp³-hybridized carbons (Fsp3) is 0.357. The van der Waals surface area contributed by atoms with Gasteiger partial charge in [-0.05, 0) is 24.5 Å². The number of aliphatic hydroxyl groups is 1. The largest absolute Gasteiger partial charge is 0.391 e. The van der Waals surface area contributed by atoms with Gasteiger partial charge in [0.25, 0.3) is 0 Å². The molecule has 0 aliphatic carbocycles. The number of fused-ring (bicyclic) bond motifs is 1. The van der Waals surface area contributed by atoms with Crippen LogP contribution < -0.4 is 0 Å². The summed E-state index contributed by atoms with van der Waals surface area (Å²) in [5, 5.41) is 9.76. The van der Waals surface area contributed by atoms with Crippen molar-refractivity contribution in [2.75, 3.05) is 0 Å². The summed E-state index contributed by atoms with van der Waals surface area (Å²) in [5.74, 6) is 1.04. The minimum absolute atomic E-state index is 0.232. The van der Waals surface area contributed by atoms with Crippen LogP contribution in [0.1, 0.15) is 23.5 Å². The first-order valence-electron chi connectivity index (χ1n) is 6.19. The third-order valence-electron chi connectivity index (χ3n) is 3.45. The van der Waals surface area contributed by atoms with Gasteiger partial charge in [0.15, 0.2) is 0 Å². The maximum absolute atomic E-state index is 9.76. The topological polar surface area (TPSA) is 38.1 Å². The molecule has 1 aliphatic rings. The molecule has 0 saturated carbocycles. The van der Waals surface area contributed by atoms with Crippen molar-refractivity contribution in [2.45, 2.75) is 31.9 Å². The second-order valence-corrected chi connectivity index (χ2v) is 5.59. The molecule has 18 heavy (non-hydrogen) atoms. The summed E-state index contributed by atoms with van der Waals surface area (Å²) in [5.41, 5.74) is 2.47. The van der Waals surface area contributed by atoms with E-state index >= 15 is 0 Å². The van der Waals surface area contributed by atoms with Gasteiger partial charge in [0.05, 0.1) is 12.6 Å². The molecule has 0 amide bonds. The van der Waals surface area contributed by atoms with Crippen LogP contribution in [0, 0.1) is 0 Å². The minimum atomic E-state index is -0.232. The molecule has 0 radical (unpaired) electrons. The summed E-state index contributed by atoms with van der Waals surface area (Å²) < 4.78 is 3.27. The van der Waals surface area contributed by atoms with Crippen molar-refractivity contribution < 1.29 is 5.11 Å². The van der Waals surface area contributed by atoms with E-state index in [2.05, 4.69) is 31.5 Å². The van der Waals surface area contributed by atoms with Crippen molar-refractivity contribution in [1.82, 2.24) is 9.55 Å². The van der Waals surface area contributed by atoms with Crippen molar-refractivity contribution in [3.8, 4) is 0 Å². The smallest absolute Gasteiger partial charge is 0.113 e. The number of aliphatic hydroxyl groups excluding tert-OH is 1. The SMILES string of the molecule is OC1CCc2cnc(Cc3ccccc3Br)n2C1. The van der Waals surface area contributed by atoms with Crippen LogP contribution in [0.4, 0.5) is 0 Å². The summed E-state index contributed by atoms with van der Waals surface area (Å²) in [7, 11) is 0. The Kier molecular flexibility index (Phi) is 3.22. The molecule has 2 heterocycles. The monoisotopic (exact) mass is 306 g/mol. The van der Waals surface area contributed by atoms with E-state index in [1.807, 2.05) is 24.4 Å². The molecule has 3 nitrogen and oxygen atoms in total. The van der Waals surface area contributed by atoms with Gasteiger partial charge in [-0.2, -0.15) is 0 Å². The summed E-state index contributed by atoms with van der Waals surface area (Å²) in [4.78, 5) is 4.50. The second-order valence-electron chi connectivity index (χ2n) is 4.74. The van der Waals surface area contributed by atoms with Gasteiger partial charge in [-0.15, -0.1) is 0 Å². The number of imidazole rings is 1. The van der Waals surface area contributed by atoms with E-state index < -0.39 is 0 Å². The predicted molar refractivity (Wildman–Crippen MR) is 73.5 cm³/mol. The Balaban J connectivity index is 1.90. The van der Waals surface area contributed by atoms with Crippen LogP contribution in [0.15, 0.2) is 34.9 Å². The lowest BCUT2D eigenvalue weighted by Crippen LogP contribution is -2.25. The average Bonchev–Trinajstić information content (AvgIpc) is 2.75. The van der Waals surface area contributed by atoms with Crippen LogP contribution in [-0.4, -0.2) is 20.8 Å². The van der Waals surface area contributed by atoms with E-state index in [4.69, 9.17) is 0 Å². The van der Waals surface area contributed by atoms with Crippen molar-refractivity contribution >= 4 is 15.9 Å². The molecule has 3 rings (SSSR count). The normalized spacial score (nSPS) is 18.7. The number of halogens is 1. The number of hydrogen-bond donors (Lipinski definition) is 1. The molecule has 1 N–H and O–H groups in total. The van der Waals surface area contributed by atoms with Crippen LogP contribution in [0.5, 0.6) is 0 Å². The number of nitrogens with zero attached hydrogens (tertiary/aromatic N) is 2. The summed E-state index contributed by atoms with van der Waals surface area (Å²) in [6, 6.07) is 8.20. The number of hydrogen-bond acceptors (Lipinski definition) is 2. The van der Waals surface area contributed by atoms with Gasteiger partial charge in [-0.25, -0.2) is 4.98 Å². The van der Waals surface area contributed by atoms with Gasteiger partial charge in [-0.3, -0.25) is 0 Å².